The molecule has 0 spiro atoms. The fourth-order valence-corrected chi connectivity index (χ4v) is 2.31. The number of rotatable bonds is 6. The molecule has 108 valence electrons. The van der Waals surface area contributed by atoms with Crippen LogP contribution in [0, 0.1) is 5.92 Å². The van der Waals surface area contributed by atoms with Crippen molar-refractivity contribution in [2.45, 2.75) is 26.9 Å². The zero-order valence-electron chi connectivity index (χ0n) is 11.6. The van der Waals surface area contributed by atoms with Crippen LogP contribution in [0.15, 0.2) is 24.5 Å². The van der Waals surface area contributed by atoms with E-state index in [0.717, 1.165) is 17.9 Å². The quantitative estimate of drug-likeness (QED) is 0.889. The van der Waals surface area contributed by atoms with Gasteiger partial charge in [-0.1, -0.05) is 43.1 Å². The molecule has 1 aromatic heterocycles. The van der Waals surface area contributed by atoms with Crippen molar-refractivity contribution in [3.05, 3.63) is 46.0 Å². The van der Waals surface area contributed by atoms with E-state index >= 15 is 0 Å². The first kappa shape index (κ1) is 15.3. The summed E-state index contributed by atoms with van der Waals surface area (Å²) in [6.07, 6.45) is 1.57. The average Bonchev–Trinajstić information content (AvgIpc) is 2.80. The van der Waals surface area contributed by atoms with E-state index in [1.807, 2.05) is 16.8 Å². The third kappa shape index (κ3) is 4.20. The summed E-state index contributed by atoms with van der Waals surface area (Å²) in [5.41, 5.74) is 0.978. The molecule has 0 aliphatic rings. The van der Waals surface area contributed by atoms with Crippen molar-refractivity contribution in [1.29, 1.82) is 0 Å². The van der Waals surface area contributed by atoms with Gasteiger partial charge in [0.2, 0.25) is 0 Å². The molecular formula is C14H18Cl2N4. The smallest absolute Gasteiger partial charge is 0.141 e. The van der Waals surface area contributed by atoms with E-state index in [1.54, 1.807) is 12.4 Å². The first-order chi connectivity index (χ1) is 9.56. The Kier molecular flexibility index (Phi) is 5.40. The van der Waals surface area contributed by atoms with Gasteiger partial charge in [0.05, 0.1) is 13.1 Å². The summed E-state index contributed by atoms with van der Waals surface area (Å²) in [4.78, 5) is 4.28. The zero-order chi connectivity index (χ0) is 14.5. The first-order valence-corrected chi connectivity index (χ1v) is 7.33. The van der Waals surface area contributed by atoms with Gasteiger partial charge in [0.1, 0.15) is 12.2 Å². The largest absolute Gasteiger partial charge is 0.310 e. The summed E-state index contributed by atoms with van der Waals surface area (Å²) in [5.74, 6) is 1.51. The minimum absolute atomic E-state index is 0.592. The highest BCUT2D eigenvalue weighted by atomic mass is 35.5. The second-order valence-electron chi connectivity index (χ2n) is 5.09. The van der Waals surface area contributed by atoms with E-state index < -0.39 is 0 Å². The molecule has 0 radical (unpaired) electrons. The van der Waals surface area contributed by atoms with E-state index in [-0.39, 0.29) is 0 Å². The maximum absolute atomic E-state index is 6.18. The molecule has 0 aliphatic heterocycles. The van der Waals surface area contributed by atoms with Crippen molar-refractivity contribution in [3.8, 4) is 0 Å². The maximum Gasteiger partial charge on any atom is 0.141 e. The molecule has 2 aromatic rings. The molecule has 0 unspecified atom stereocenters. The zero-order valence-corrected chi connectivity index (χ0v) is 13.1. The highest BCUT2D eigenvalue weighted by molar-refractivity contribution is 6.35. The molecular weight excluding hydrogens is 295 g/mol. The van der Waals surface area contributed by atoms with Gasteiger partial charge < -0.3 is 5.32 Å². The van der Waals surface area contributed by atoms with Crippen LogP contribution in [0.2, 0.25) is 10.0 Å². The SMILES string of the molecule is CC(C)CNCc1ncnn1Cc1ccc(Cl)cc1Cl. The molecule has 0 bridgehead atoms. The van der Waals surface area contributed by atoms with Gasteiger partial charge in [0.25, 0.3) is 0 Å². The monoisotopic (exact) mass is 312 g/mol. The van der Waals surface area contributed by atoms with E-state index in [9.17, 15) is 0 Å². The summed E-state index contributed by atoms with van der Waals surface area (Å²) >= 11 is 12.1. The van der Waals surface area contributed by atoms with Crippen LogP contribution in [0.4, 0.5) is 0 Å². The fourth-order valence-electron chi connectivity index (χ4n) is 1.84. The fraction of sp³-hybridized carbons (Fsp3) is 0.429. The number of aromatic nitrogens is 3. The van der Waals surface area contributed by atoms with E-state index in [0.29, 0.717) is 29.1 Å². The van der Waals surface area contributed by atoms with Crippen LogP contribution in [-0.2, 0) is 13.1 Å². The van der Waals surface area contributed by atoms with Crippen LogP contribution >= 0.6 is 23.2 Å². The summed E-state index contributed by atoms with van der Waals surface area (Å²) < 4.78 is 1.85. The van der Waals surface area contributed by atoms with Gasteiger partial charge in [-0.05, 0) is 30.2 Å². The Morgan fingerprint density at radius 2 is 2.10 bits per heavy atom. The lowest BCUT2D eigenvalue weighted by Crippen LogP contribution is -2.22. The standard InChI is InChI=1S/C14H18Cl2N4/c1-10(2)6-17-7-14-18-9-19-20(14)8-11-3-4-12(15)5-13(11)16/h3-5,9-10,17H,6-8H2,1-2H3. The number of halogens is 2. The van der Waals surface area contributed by atoms with Crippen LogP contribution < -0.4 is 5.32 Å². The highest BCUT2D eigenvalue weighted by Gasteiger charge is 2.08. The van der Waals surface area contributed by atoms with Crippen LogP contribution in [0.3, 0.4) is 0 Å². The molecule has 0 fully saturated rings. The summed E-state index contributed by atoms with van der Waals surface area (Å²) in [5, 5.41) is 8.89. The van der Waals surface area contributed by atoms with Crippen molar-refractivity contribution >= 4 is 23.2 Å². The minimum atomic E-state index is 0.592. The normalized spacial score (nSPS) is 11.2. The van der Waals surface area contributed by atoms with Gasteiger partial charge in [-0.3, -0.25) is 0 Å². The van der Waals surface area contributed by atoms with Gasteiger partial charge in [-0.25, -0.2) is 9.67 Å². The molecule has 0 saturated carbocycles. The Labute approximate surface area is 129 Å². The number of hydrogen-bond donors (Lipinski definition) is 1. The van der Waals surface area contributed by atoms with Crippen LogP contribution in [-0.4, -0.2) is 21.3 Å². The van der Waals surface area contributed by atoms with E-state index in [4.69, 9.17) is 23.2 Å². The number of nitrogens with one attached hydrogen (secondary N) is 1. The Bertz CT molecular complexity index is 566. The average molecular weight is 313 g/mol. The molecule has 20 heavy (non-hydrogen) atoms. The summed E-state index contributed by atoms with van der Waals surface area (Å²) in [6.45, 7) is 6.59. The van der Waals surface area contributed by atoms with Gasteiger partial charge in [-0.15, -0.1) is 0 Å². The lowest BCUT2D eigenvalue weighted by Gasteiger charge is -2.10. The Morgan fingerprint density at radius 1 is 1.30 bits per heavy atom. The summed E-state index contributed by atoms with van der Waals surface area (Å²) in [6, 6.07) is 5.49. The molecule has 1 heterocycles. The molecule has 0 amide bonds. The van der Waals surface area contributed by atoms with Gasteiger partial charge >= 0.3 is 0 Å². The van der Waals surface area contributed by atoms with Crippen molar-refractivity contribution in [1.82, 2.24) is 20.1 Å². The van der Waals surface area contributed by atoms with Gasteiger partial charge in [-0.2, -0.15) is 5.10 Å². The van der Waals surface area contributed by atoms with Crippen LogP contribution in [0.25, 0.3) is 0 Å². The topological polar surface area (TPSA) is 42.7 Å². The number of nitrogens with zero attached hydrogens (tertiary/aromatic N) is 3. The molecule has 0 aliphatic carbocycles. The van der Waals surface area contributed by atoms with Gasteiger partial charge in [0, 0.05) is 10.0 Å². The van der Waals surface area contributed by atoms with Crippen molar-refractivity contribution < 1.29 is 0 Å². The van der Waals surface area contributed by atoms with Crippen molar-refractivity contribution in [3.63, 3.8) is 0 Å². The highest BCUT2D eigenvalue weighted by Crippen LogP contribution is 2.21. The third-order valence-electron chi connectivity index (χ3n) is 2.87. The Balaban J connectivity index is 2.04. The molecule has 4 nitrogen and oxygen atoms in total. The molecule has 2 rings (SSSR count). The molecule has 6 heteroatoms. The second kappa shape index (κ2) is 7.07. The molecule has 0 atom stereocenters. The number of hydrogen-bond acceptors (Lipinski definition) is 3. The van der Waals surface area contributed by atoms with E-state index in [1.165, 1.54) is 0 Å². The lowest BCUT2D eigenvalue weighted by molar-refractivity contribution is 0.523. The first-order valence-electron chi connectivity index (χ1n) is 6.57. The van der Waals surface area contributed by atoms with Crippen LogP contribution in [0.5, 0.6) is 0 Å². The molecule has 1 N–H and O–H groups in total. The van der Waals surface area contributed by atoms with E-state index in [2.05, 4.69) is 29.2 Å². The molecule has 1 aromatic carbocycles. The second-order valence-corrected chi connectivity index (χ2v) is 5.94. The predicted molar refractivity (Wildman–Crippen MR) is 82.1 cm³/mol. The Hall–Kier alpha value is -1.10. The number of benzene rings is 1. The lowest BCUT2D eigenvalue weighted by atomic mass is 10.2. The maximum atomic E-state index is 6.18. The predicted octanol–water partition coefficient (Wildman–Crippen LogP) is 3.38. The minimum Gasteiger partial charge on any atom is -0.310 e. The Morgan fingerprint density at radius 3 is 2.80 bits per heavy atom. The van der Waals surface area contributed by atoms with Crippen molar-refractivity contribution in [2.75, 3.05) is 6.54 Å². The third-order valence-corrected chi connectivity index (χ3v) is 3.45. The molecule has 0 saturated heterocycles. The van der Waals surface area contributed by atoms with Crippen molar-refractivity contribution in [2.24, 2.45) is 5.92 Å². The summed E-state index contributed by atoms with van der Waals surface area (Å²) in [7, 11) is 0. The van der Waals surface area contributed by atoms with Crippen LogP contribution in [0.1, 0.15) is 25.2 Å². The van der Waals surface area contributed by atoms with Gasteiger partial charge in [0.15, 0.2) is 0 Å².